The minimum Gasteiger partial charge on any atom is -0.460 e. The van der Waals surface area contributed by atoms with Crippen molar-refractivity contribution < 1.29 is 22.7 Å². The normalized spacial score (nSPS) is 15.2. The molecule has 0 saturated carbocycles. The molecule has 1 aliphatic rings. The van der Waals surface area contributed by atoms with Crippen molar-refractivity contribution in [1.29, 1.82) is 0 Å². The number of para-hydroxylation sites is 1. The van der Waals surface area contributed by atoms with Gasteiger partial charge in [-0.1, -0.05) is 35.9 Å². The molecule has 0 bridgehead atoms. The second kappa shape index (κ2) is 10.1. The van der Waals surface area contributed by atoms with E-state index in [1.165, 1.54) is 4.31 Å². The first-order valence-corrected chi connectivity index (χ1v) is 12.3. The summed E-state index contributed by atoms with van der Waals surface area (Å²) >= 11 is 0. The van der Waals surface area contributed by atoms with E-state index < -0.39 is 10.0 Å². The van der Waals surface area contributed by atoms with Gasteiger partial charge in [0.05, 0.1) is 17.0 Å². The lowest BCUT2D eigenvalue weighted by molar-refractivity contribution is -0.151. The SMILES string of the molecule is Cc1ccc(S(=O)(=O)N2CCC(C(=O)OCc3ccccc3Oc3cccnc3)CC2)cc1. The van der Waals surface area contributed by atoms with Crippen molar-refractivity contribution in [3.8, 4) is 11.5 Å². The van der Waals surface area contributed by atoms with Gasteiger partial charge in [-0.2, -0.15) is 4.31 Å². The Balaban J connectivity index is 1.33. The third-order valence-corrected chi connectivity index (χ3v) is 7.56. The Morgan fingerprint density at radius 2 is 1.76 bits per heavy atom. The fraction of sp³-hybridized carbons (Fsp3) is 0.280. The molecule has 1 fully saturated rings. The number of ether oxygens (including phenoxy) is 2. The second-order valence-corrected chi connectivity index (χ2v) is 9.94. The van der Waals surface area contributed by atoms with Crippen LogP contribution < -0.4 is 4.74 Å². The number of hydrogen-bond donors (Lipinski definition) is 0. The number of piperidine rings is 1. The summed E-state index contributed by atoms with van der Waals surface area (Å²) in [4.78, 5) is 17.0. The Morgan fingerprint density at radius 1 is 1.03 bits per heavy atom. The third-order valence-electron chi connectivity index (χ3n) is 5.65. The molecule has 7 nitrogen and oxygen atoms in total. The average Bonchev–Trinajstić information content (AvgIpc) is 2.84. The zero-order valence-corrected chi connectivity index (χ0v) is 19.2. The summed E-state index contributed by atoms with van der Waals surface area (Å²) in [6.07, 6.45) is 4.13. The molecule has 0 amide bonds. The highest BCUT2D eigenvalue weighted by Crippen LogP contribution is 2.27. The van der Waals surface area contributed by atoms with Crippen LogP contribution in [0.3, 0.4) is 0 Å². The summed E-state index contributed by atoms with van der Waals surface area (Å²) in [6, 6.07) is 17.7. The molecule has 0 aliphatic carbocycles. The summed E-state index contributed by atoms with van der Waals surface area (Å²) in [5.74, 6) is 0.537. The lowest BCUT2D eigenvalue weighted by Crippen LogP contribution is -2.40. The molecule has 172 valence electrons. The van der Waals surface area contributed by atoms with Crippen molar-refractivity contribution in [2.45, 2.75) is 31.3 Å². The van der Waals surface area contributed by atoms with Gasteiger partial charge in [-0.15, -0.1) is 0 Å². The first-order valence-electron chi connectivity index (χ1n) is 10.8. The van der Waals surface area contributed by atoms with Crippen LogP contribution in [0, 0.1) is 12.8 Å². The predicted molar refractivity (Wildman–Crippen MR) is 123 cm³/mol. The molecule has 4 rings (SSSR count). The van der Waals surface area contributed by atoms with E-state index in [-0.39, 0.29) is 36.5 Å². The van der Waals surface area contributed by atoms with Crippen LogP contribution in [0.25, 0.3) is 0 Å². The zero-order chi connectivity index (χ0) is 23.3. The molecular formula is C25H26N2O5S. The number of pyridine rings is 1. The third kappa shape index (κ3) is 5.58. The Kier molecular flexibility index (Phi) is 7.05. The fourth-order valence-corrected chi connectivity index (χ4v) is 5.18. The highest BCUT2D eigenvalue weighted by atomic mass is 32.2. The summed E-state index contributed by atoms with van der Waals surface area (Å²) in [7, 11) is -3.56. The minimum atomic E-state index is -3.56. The molecule has 3 aromatic rings. The molecule has 0 radical (unpaired) electrons. The molecule has 8 heteroatoms. The minimum absolute atomic E-state index is 0.0805. The monoisotopic (exact) mass is 466 g/mol. The van der Waals surface area contributed by atoms with Crippen LogP contribution in [0.15, 0.2) is 78.0 Å². The average molecular weight is 467 g/mol. The van der Waals surface area contributed by atoms with Gasteiger partial charge in [-0.3, -0.25) is 9.78 Å². The van der Waals surface area contributed by atoms with Crippen LogP contribution in [0.4, 0.5) is 0 Å². The number of hydrogen-bond acceptors (Lipinski definition) is 6. The number of rotatable bonds is 7. The number of nitrogens with zero attached hydrogens (tertiary/aromatic N) is 2. The number of aryl methyl sites for hydroxylation is 1. The summed E-state index contributed by atoms with van der Waals surface area (Å²) < 4.78 is 38.6. The number of carbonyl (C=O) groups excluding carboxylic acids is 1. The maximum atomic E-state index is 12.9. The number of aromatic nitrogens is 1. The summed E-state index contributed by atoms with van der Waals surface area (Å²) in [5, 5.41) is 0. The maximum absolute atomic E-state index is 12.9. The largest absolute Gasteiger partial charge is 0.460 e. The van der Waals surface area contributed by atoms with Gasteiger partial charge < -0.3 is 9.47 Å². The quantitative estimate of drug-likeness (QED) is 0.482. The maximum Gasteiger partial charge on any atom is 0.309 e. The van der Waals surface area contributed by atoms with Crippen LogP contribution in [-0.2, 0) is 26.2 Å². The van der Waals surface area contributed by atoms with Crippen molar-refractivity contribution in [1.82, 2.24) is 9.29 Å². The first-order chi connectivity index (χ1) is 15.9. The van der Waals surface area contributed by atoms with E-state index in [1.54, 1.807) is 48.8 Å². The molecule has 1 saturated heterocycles. The van der Waals surface area contributed by atoms with Gasteiger partial charge in [-0.05, 0) is 50.1 Å². The fourth-order valence-electron chi connectivity index (χ4n) is 3.71. The van der Waals surface area contributed by atoms with Gasteiger partial charge in [-0.25, -0.2) is 8.42 Å². The van der Waals surface area contributed by atoms with Crippen LogP contribution in [0.2, 0.25) is 0 Å². The lowest BCUT2D eigenvalue weighted by Gasteiger charge is -2.30. The smallest absolute Gasteiger partial charge is 0.309 e. The van der Waals surface area contributed by atoms with Gasteiger partial charge in [0.25, 0.3) is 0 Å². The Morgan fingerprint density at radius 3 is 2.45 bits per heavy atom. The molecule has 2 aromatic carbocycles. The van der Waals surface area contributed by atoms with Gasteiger partial charge in [0.15, 0.2) is 0 Å². The van der Waals surface area contributed by atoms with Crippen LogP contribution in [-0.4, -0.2) is 36.8 Å². The lowest BCUT2D eigenvalue weighted by atomic mass is 9.98. The molecular weight excluding hydrogens is 440 g/mol. The predicted octanol–water partition coefficient (Wildman–Crippen LogP) is 4.33. The number of sulfonamides is 1. The van der Waals surface area contributed by atoms with Gasteiger partial charge >= 0.3 is 5.97 Å². The molecule has 0 atom stereocenters. The molecule has 1 aromatic heterocycles. The molecule has 0 unspecified atom stereocenters. The first kappa shape index (κ1) is 22.9. The summed E-state index contributed by atoms with van der Waals surface area (Å²) in [5.41, 5.74) is 1.75. The van der Waals surface area contributed by atoms with E-state index >= 15 is 0 Å². The van der Waals surface area contributed by atoms with E-state index in [1.807, 2.05) is 31.2 Å². The Hall–Kier alpha value is -3.23. The summed E-state index contributed by atoms with van der Waals surface area (Å²) in [6.45, 7) is 2.57. The van der Waals surface area contributed by atoms with Crippen molar-refractivity contribution >= 4 is 16.0 Å². The molecule has 1 aliphatic heterocycles. The van der Waals surface area contributed by atoms with Crippen LogP contribution in [0.5, 0.6) is 11.5 Å². The van der Waals surface area contributed by atoms with E-state index in [0.717, 1.165) is 11.1 Å². The highest BCUT2D eigenvalue weighted by molar-refractivity contribution is 7.89. The highest BCUT2D eigenvalue weighted by Gasteiger charge is 2.32. The van der Waals surface area contributed by atoms with Crippen LogP contribution >= 0.6 is 0 Å². The van der Waals surface area contributed by atoms with Crippen molar-refractivity contribution in [3.05, 3.63) is 84.2 Å². The molecule has 2 heterocycles. The standard InChI is InChI=1S/C25H26N2O5S/c1-19-8-10-23(11-9-19)33(29,30)27-15-12-20(13-16-27)25(28)31-18-21-5-2-3-7-24(21)32-22-6-4-14-26-17-22/h2-11,14,17,20H,12-13,15-16,18H2,1H3. The topological polar surface area (TPSA) is 85.8 Å². The van der Waals surface area contributed by atoms with Gasteiger partial charge in [0.2, 0.25) is 10.0 Å². The molecule has 33 heavy (non-hydrogen) atoms. The van der Waals surface area contributed by atoms with Crippen molar-refractivity contribution in [2.24, 2.45) is 5.92 Å². The number of benzene rings is 2. The molecule has 0 N–H and O–H groups in total. The number of carbonyl (C=O) groups is 1. The Labute approximate surface area is 194 Å². The van der Waals surface area contributed by atoms with Crippen LogP contribution in [0.1, 0.15) is 24.0 Å². The Bertz CT molecular complexity index is 1190. The molecule has 0 spiro atoms. The number of esters is 1. The van der Waals surface area contributed by atoms with E-state index in [0.29, 0.717) is 24.3 Å². The second-order valence-electron chi connectivity index (χ2n) is 8.00. The zero-order valence-electron chi connectivity index (χ0n) is 18.4. The van der Waals surface area contributed by atoms with Gasteiger partial charge in [0, 0.05) is 24.8 Å². The van der Waals surface area contributed by atoms with Gasteiger partial charge in [0.1, 0.15) is 18.1 Å². The van der Waals surface area contributed by atoms with E-state index in [2.05, 4.69) is 4.98 Å². The van der Waals surface area contributed by atoms with Crippen molar-refractivity contribution in [2.75, 3.05) is 13.1 Å². The van der Waals surface area contributed by atoms with Crippen molar-refractivity contribution in [3.63, 3.8) is 0 Å². The van der Waals surface area contributed by atoms with E-state index in [4.69, 9.17) is 9.47 Å². The van der Waals surface area contributed by atoms with E-state index in [9.17, 15) is 13.2 Å².